The van der Waals surface area contributed by atoms with Gasteiger partial charge in [-0.25, -0.2) is 14.8 Å². The van der Waals surface area contributed by atoms with Crippen molar-refractivity contribution in [1.29, 1.82) is 0 Å². The maximum atomic E-state index is 13.2. The summed E-state index contributed by atoms with van der Waals surface area (Å²) in [5.74, 6) is 0.00663. The number of benzene rings is 1. The smallest absolute Gasteiger partial charge is 0.322 e. The average Bonchev–Trinajstić information content (AvgIpc) is 3.61. The number of ether oxygens (including phenoxy) is 3. The third kappa shape index (κ3) is 3.86. The van der Waals surface area contributed by atoms with Crippen LogP contribution in [-0.4, -0.2) is 65.6 Å². The van der Waals surface area contributed by atoms with E-state index >= 15 is 0 Å². The highest BCUT2D eigenvalue weighted by Gasteiger charge is 2.53. The zero-order valence-corrected chi connectivity index (χ0v) is 21.1. The zero-order valence-electron chi connectivity index (χ0n) is 21.1. The van der Waals surface area contributed by atoms with E-state index in [1.165, 1.54) is 32.4 Å². The van der Waals surface area contributed by atoms with Gasteiger partial charge in [0.05, 0.1) is 39.1 Å². The molecule has 0 bridgehead atoms. The fraction of sp³-hybridized carbons (Fsp3) is 0.231. The van der Waals surface area contributed by atoms with Crippen LogP contribution in [0.15, 0.2) is 47.0 Å². The number of hydrogen-bond donors (Lipinski definition) is 2. The maximum absolute atomic E-state index is 13.2. The molecule has 1 fully saturated rings. The summed E-state index contributed by atoms with van der Waals surface area (Å²) in [5, 5.41) is 4.94. The Hall–Kier alpha value is -5.20. The minimum absolute atomic E-state index is 0.129. The Morgan fingerprint density at radius 1 is 1.00 bits per heavy atom. The van der Waals surface area contributed by atoms with Crippen molar-refractivity contribution in [3.05, 3.63) is 59.5 Å². The first-order chi connectivity index (χ1) is 18.8. The fourth-order valence-electron chi connectivity index (χ4n) is 4.80. The van der Waals surface area contributed by atoms with Gasteiger partial charge in [-0.1, -0.05) is 6.07 Å². The second-order valence-corrected chi connectivity index (χ2v) is 8.97. The van der Waals surface area contributed by atoms with Crippen LogP contribution in [0.3, 0.4) is 0 Å². The molecule has 1 saturated heterocycles. The first kappa shape index (κ1) is 24.2. The number of carbonyl (C=O) groups is 3. The third-order valence-electron chi connectivity index (χ3n) is 6.74. The van der Waals surface area contributed by atoms with Gasteiger partial charge in [-0.2, -0.15) is 4.98 Å². The number of nitrogens with zero attached hydrogens (tertiary/aromatic N) is 4. The number of hydrogen-bond acceptors (Lipinski definition) is 10. The number of imide groups is 1. The standard InChI is InChI=1S/C26H22N6O7/c1-36-14-5-4-13-11-32(22(33)15(13)8-14)12-26(23(34)30-24(35)31-26)20-9-18-19(39-20)7-6-17(28-18)16-10-27-25(38-3)29-21(16)37-2/h4-10H,11-12H2,1-3H3,(H2,30,31,34,35)/t26-/m0/s1. The van der Waals surface area contributed by atoms with E-state index in [9.17, 15) is 14.4 Å². The predicted octanol–water partition coefficient (Wildman–Crippen LogP) is 2.00. The molecule has 13 heteroatoms. The summed E-state index contributed by atoms with van der Waals surface area (Å²) < 4.78 is 21.7. The molecule has 0 unspecified atom stereocenters. The molecule has 1 aromatic carbocycles. The second kappa shape index (κ2) is 8.97. The number of furan rings is 1. The number of pyridine rings is 1. The Balaban J connectivity index is 1.38. The summed E-state index contributed by atoms with van der Waals surface area (Å²) >= 11 is 0. The number of amides is 4. The Morgan fingerprint density at radius 2 is 1.85 bits per heavy atom. The lowest BCUT2D eigenvalue weighted by atomic mass is 9.95. The molecule has 198 valence electrons. The van der Waals surface area contributed by atoms with Gasteiger partial charge in [-0.05, 0) is 29.8 Å². The molecule has 3 aromatic heterocycles. The van der Waals surface area contributed by atoms with Crippen molar-refractivity contribution < 1.29 is 33.0 Å². The van der Waals surface area contributed by atoms with Crippen LogP contribution in [0.5, 0.6) is 17.6 Å². The molecule has 0 saturated carbocycles. The molecule has 1 atom stereocenters. The Bertz CT molecular complexity index is 1670. The fourth-order valence-corrected chi connectivity index (χ4v) is 4.80. The first-order valence-corrected chi connectivity index (χ1v) is 11.8. The molecular formula is C26H22N6O7. The number of rotatable bonds is 7. The molecule has 2 aliphatic rings. The predicted molar refractivity (Wildman–Crippen MR) is 134 cm³/mol. The maximum Gasteiger partial charge on any atom is 0.322 e. The van der Waals surface area contributed by atoms with E-state index in [4.69, 9.17) is 18.6 Å². The molecule has 4 aromatic rings. The largest absolute Gasteiger partial charge is 0.497 e. The van der Waals surface area contributed by atoms with Crippen molar-refractivity contribution in [3.8, 4) is 28.9 Å². The van der Waals surface area contributed by atoms with Crippen molar-refractivity contribution in [3.63, 3.8) is 0 Å². The van der Waals surface area contributed by atoms with Gasteiger partial charge in [-0.3, -0.25) is 14.9 Å². The van der Waals surface area contributed by atoms with Gasteiger partial charge in [0.25, 0.3) is 11.8 Å². The monoisotopic (exact) mass is 530 g/mol. The number of fused-ring (bicyclic) bond motifs is 2. The van der Waals surface area contributed by atoms with Gasteiger partial charge < -0.3 is 28.8 Å². The molecular weight excluding hydrogens is 508 g/mol. The topological polar surface area (TPSA) is 158 Å². The lowest BCUT2D eigenvalue weighted by Crippen LogP contribution is -2.52. The molecule has 4 amide bonds. The van der Waals surface area contributed by atoms with Crippen LogP contribution in [0.2, 0.25) is 0 Å². The van der Waals surface area contributed by atoms with E-state index in [-0.39, 0.29) is 36.6 Å². The van der Waals surface area contributed by atoms with E-state index in [1.807, 2.05) is 0 Å². The van der Waals surface area contributed by atoms with Crippen molar-refractivity contribution in [2.45, 2.75) is 12.1 Å². The minimum Gasteiger partial charge on any atom is -0.497 e. The van der Waals surface area contributed by atoms with E-state index < -0.39 is 17.5 Å². The Morgan fingerprint density at radius 3 is 2.56 bits per heavy atom. The van der Waals surface area contributed by atoms with Gasteiger partial charge in [0.15, 0.2) is 11.1 Å². The number of nitrogens with one attached hydrogen (secondary N) is 2. The van der Waals surface area contributed by atoms with Crippen LogP contribution in [0, 0.1) is 0 Å². The van der Waals surface area contributed by atoms with Gasteiger partial charge in [0.2, 0.25) is 5.88 Å². The number of methoxy groups -OCH3 is 3. The van der Waals surface area contributed by atoms with E-state index in [0.29, 0.717) is 33.7 Å². The summed E-state index contributed by atoms with van der Waals surface area (Å²) in [7, 11) is 4.44. The lowest BCUT2D eigenvalue weighted by molar-refractivity contribution is -0.125. The third-order valence-corrected chi connectivity index (χ3v) is 6.74. The average molecular weight is 530 g/mol. The first-order valence-electron chi connectivity index (χ1n) is 11.8. The normalized spacial score (nSPS) is 18.2. The molecule has 39 heavy (non-hydrogen) atoms. The van der Waals surface area contributed by atoms with Gasteiger partial charge in [-0.15, -0.1) is 0 Å². The summed E-state index contributed by atoms with van der Waals surface area (Å²) in [6, 6.07) is 9.60. The van der Waals surface area contributed by atoms with E-state index in [1.54, 1.807) is 36.4 Å². The molecule has 0 spiro atoms. The van der Waals surface area contributed by atoms with E-state index in [2.05, 4.69) is 25.6 Å². The van der Waals surface area contributed by atoms with E-state index in [0.717, 1.165) is 5.56 Å². The molecule has 5 heterocycles. The number of urea groups is 1. The number of carbonyl (C=O) groups excluding carboxylic acids is 3. The van der Waals surface area contributed by atoms with Crippen molar-refractivity contribution in [2.75, 3.05) is 27.9 Å². The SMILES string of the molecule is COc1ccc2c(c1)C(=O)N(C[C@@]1(c3cc4nc(-c5cnc(OC)nc5OC)ccc4o3)NC(=O)NC1=O)C2. The highest BCUT2D eigenvalue weighted by atomic mass is 16.5. The summed E-state index contributed by atoms with van der Waals surface area (Å²) in [4.78, 5) is 53.2. The quantitative estimate of drug-likeness (QED) is 0.339. The Labute approximate surface area is 221 Å². The van der Waals surface area contributed by atoms with Crippen molar-refractivity contribution >= 4 is 28.9 Å². The summed E-state index contributed by atoms with van der Waals surface area (Å²) in [5.41, 5.74) is 1.38. The van der Waals surface area contributed by atoms with Crippen molar-refractivity contribution in [1.82, 2.24) is 30.5 Å². The zero-order chi connectivity index (χ0) is 27.3. The van der Waals surface area contributed by atoms with Crippen LogP contribution >= 0.6 is 0 Å². The molecule has 0 aliphatic carbocycles. The van der Waals surface area contributed by atoms with Gasteiger partial charge in [0, 0.05) is 24.4 Å². The molecule has 13 nitrogen and oxygen atoms in total. The van der Waals surface area contributed by atoms with Crippen LogP contribution in [-0.2, 0) is 16.9 Å². The summed E-state index contributed by atoms with van der Waals surface area (Å²) in [6.07, 6.45) is 1.53. The molecule has 2 N–H and O–H groups in total. The highest BCUT2D eigenvalue weighted by Crippen LogP contribution is 2.36. The molecule has 6 rings (SSSR count). The summed E-state index contributed by atoms with van der Waals surface area (Å²) in [6.45, 7) is 0.0934. The van der Waals surface area contributed by atoms with Crippen LogP contribution < -0.4 is 24.8 Å². The van der Waals surface area contributed by atoms with Crippen molar-refractivity contribution in [2.24, 2.45) is 0 Å². The van der Waals surface area contributed by atoms with Crippen LogP contribution in [0.25, 0.3) is 22.4 Å². The minimum atomic E-state index is -1.67. The molecule has 2 aliphatic heterocycles. The van der Waals surface area contributed by atoms with Gasteiger partial charge >= 0.3 is 12.0 Å². The number of aromatic nitrogens is 3. The highest BCUT2D eigenvalue weighted by molar-refractivity contribution is 6.08. The van der Waals surface area contributed by atoms with Gasteiger partial charge in [0.1, 0.15) is 17.0 Å². The van der Waals surface area contributed by atoms with Crippen LogP contribution in [0.4, 0.5) is 4.79 Å². The second-order valence-electron chi connectivity index (χ2n) is 8.97. The Kier molecular flexibility index (Phi) is 5.56. The van der Waals surface area contributed by atoms with Crippen LogP contribution in [0.1, 0.15) is 21.7 Å². The molecule has 0 radical (unpaired) electrons. The lowest BCUT2D eigenvalue weighted by Gasteiger charge is -2.28.